The molecule has 3 heterocycles. The molecular weight excluding hydrogens is 346 g/mol. The van der Waals surface area contributed by atoms with Crippen LogP contribution < -0.4 is 5.32 Å². The van der Waals surface area contributed by atoms with Crippen LogP contribution in [0.25, 0.3) is 5.69 Å². The van der Waals surface area contributed by atoms with E-state index in [4.69, 9.17) is 9.26 Å². The standard InChI is InChI=1S/C19H21N5O3/c1-12-10-13(2)24(22-12)15-7-5-14(6-8-15)18(25)20-11-17-21-19(27-23-17)16-4-3-9-26-16/h5-8,10,16H,3-4,9,11H2,1-2H3,(H,20,25)/t16-/m1/s1. The third kappa shape index (κ3) is 3.75. The maximum absolute atomic E-state index is 12.4. The molecule has 0 unspecified atom stereocenters. The highest BCUT2D eigenvalue weighted by atomic mass is 16.5. The van der Waals surface area contributed by atoms with E-state index < -0.39 is 0 Å². The number of aromatic nitrogens is 4. The minimum Gasteiger partial charge on any atom is -0.368 e. The Morgan fingerprint density at radius 1 is 1.30 bits per heavy atom. The van der Waals surface area contributed by atoms with Gasteiger partial charge in [-0.25, -0.2) is 4.68 Å². The van der Waals surface area contributed by atoms with E-state index in [1.54, 1.807) is 12.1 Å². The Morgan fingerprint density at radius 2 is 2.11 bits per heavy atom. The Hall–Kier alpha value is -3.00. The minimum atomic E-state index is -0.196. The number of benzene rings is 1. The second kappa shape index (κ2) is 7.32. The molecule has 1 N–H and O–H groups in total. The largest absolute Gasteiger partial charge is 0.368 e. The number of amides is 1. The molecule has 1 aromatic carbocycles. The van der Waals surface area contributed by atoms with Gasteiger partial charge in [0.05, 0.1) is 17.9 Å². The molecule has 2 aromatic heterocycles. The summed E-state index contributed by atoms with van der Waals surface area (Å²) in [4.78, 5) is 16.7. The number of hydrogen-bond acceptors (Lipinski definition) is 6. The van der Waals surface area contributed by atoms with Gasteiger partial charge < -0.3 is 14.6 Å². The smallest absolute Gasteiger partial charge is 0.255 e. The quantitative estimate of drug-likeness (QED) is 0.745. The van der Waals surface area contributed by atoms with E-state index in [1.165, 1.54) is 0 Å². The van der Waals surface area contributed by atoms with Crippen LogP contribution in [0, 0.1) is 13.8 Å². The van der Waals surface area contributed by atoms with Gasteiger partial charge in [0.25, 0.3) is 11.8 Å². The number of carbonyl (C=O) groups is 1. The first-order valence-corrected chi connectivity index (χ1v) is 8.96. The average molecular weight is 367 g/mol. The summed E-state index contributed by atoms with van der Waals surface area (Å²) < 4.78 is 12.6. The van der Waals surface area contributed by atoms with Crippen LogP contribution in [0.4, 0.5) is 0 Å². The van der Waals surface area contributed by atoms with E-state index in [2.05, 4.69) is 20.6 Å². The highest BCUT2D eigenvalue weighted by Gasteiger charge is 2.23. The Bertz CT molecular complexity index is 939. The van der Waals surface area contributed by atoms with E-state index in [0.29, 0.717) is 23.9 Å². The number of ether oxygens (including phenoxy) is 1. The molecule has 1 aliphatic rings. The molecule has 1 amide bonds. The number of nitrogens with zero attached hydrogens (tertiary/aromatic N) is 4. The van der Waals surface area contributed by atoms with Gasteiger partial charge >= 0.3 is 0 Å². The van der Waals surface area contributed by atoms with Gasteiger partial charge in [-0.2, -0.15) is 10.1 Å². The lowest BCUT2D eigenvalue weighted by atomic mass is 10.2. The maximum Gasteiger partial charge on any atom is 0.255 e. The van der Waals surface area contributed by atoms with Crippen LogP contribution >= 0.6 is 0 Å². The van der Waals surface area contributed by atoms with E-state index in [1.807, 2.05) is 36.7 Å². The Kier molecular flexibility index (Phi) is 4.72. The molecule has 4 rings (SSSR count). The predicted molar refractivity (Wildman–Crippen MR) is 96.4 cm³/mol. The summed E-state index contributed by atoms with van der Waals surface area (Å²) in [6, 6.07) is 9.30. The molecule has 1 saturated heterocycles. The van der Waals surface area contributed by atoms with Crippen molar-refractivity contribution < 1.29 is 14.1 Å². The molecule has 0 saturated carbocycles. The lowest BCUT2D eigenvalue weighted by molar-refractivity contribution is 0.0835. The molecule has 3 aromatic rings. The average Bonchev–Trinajstić information content (AvgIpc) is 3.40. The molecular formula is C19H21N5O3. The monoisotopic (exact) mass is 367 g/mol. The molecule has 0 aliphatic carbocycles. The lowest BCUT2D eigenvalue weighted by Crippen LogP contribution is -2.23. The second-order valence-corrected chi connectivity index (χ2v) is 6.62. The molecule has 8 heteroatoms. The number of hydrogen-bond donors (Lipinski definition) is 1. The number of nitrogens with one attached hydrogen (secondary N) is 1. The first-order chi connectivity index (χ1) is 13.1. The molecule has 8 nitrogen and oxygen atoms in total. The summed E-state index contributed by atoms with van der Waals surface area (Å²) in [6.45, 7) is 4.87. The van der Waals surface area contributed by atoms with Gasteiger partial charge in [-0.3, -0.25) is 4.79 Å². The molecule has 0 radical (unpaired) electrons. The van der Waals surface area contributed by atoms with Gasteiger partial charge in [0.1, 0.15) is 6.10 Å². The highest BCUT2D eigenvalue weighted by Crippen LogP contribution is 2.26. The normalized spacial score (nSPS) is 16.6. The molecule has 0 spiro atoms. The first-order valence-electron chi connectivity index (χ1n) is 8.96. The van der Waals surface area contributed by atoms with Crippen molar-refractivity contribution in [2.45, 2.75) is 39.3 Å². The minimum absolute atomic E-state index is 0.121. The molecule has 1 fully saturated rings. The summed E-state index contributed by atoms with van der Waals surface area (Å²) in [5.41, 5.74) is 3.47. The van der Waals surface area contributed by atoms with E-state index in [9.17, 15) is 4.79 Å². The van der Waals surface area contributed by atoms with Crippen molar-refractivity contribution in [1.29, 1.82) is 0 Å². The Balaban J connectivity index is 1.37. The lowest BCUT2D eigenvalue weighted by Gasteiger charge is -2.06. The van der Waals surface area contributed by atoms with Crippen molar-refractivity contribution in [3.8, 4) is 5.69 Å². The van der Waals surface area contributed by atoms with Crippen LogP contribution in [-0.4, -0.2) is 32.4 Å². The fourth-order valence-corrected chi connectivity index (χ4v) is 3.15. The van der Waals surface area contributed by atoms with Crippen molar-refractivity contribution in [2.75, 3.05) is 6.61 Å². The fraction of sp³-hybridized carbons (Fsp3) is 0.368. The number of carbonyl (C=O) groups excluding carboxylic acids is 1. The Labute approximate surface area is 156 Å². The summed E-state index contributed by atoms with van der Waals surface area (Å²) >= 11 is 0. The van der Waals surface area contributed by atoms with Crippen LogP contribution in [0.3, 0.4) is 0 Å². The van der Waals surface area contributed by atoms with Gasteiger partial charge in [0.2, 0.25) is 0 Å². The molecule has 27 heavy (non-hydrogen) atoms. The predicted octanol–water partition coefficient (Wildman–Crippen LogP) is 2.65. The van der Waals surface area contributed by atoms with Crippen LogP contribution in [-0.2, 0) is 11.3 Å². The molecule has 140 valence electrons. The van der Waals surface area contributed by atoms with Crippen LogP contribution in [0.15, 0.2) is 34.9 Å². The van der Waals surface area contributed by atoms with Gasteiger partial charge in [0, 0.05) is 17.9 Å². The van der Waals surface area contributed by atoms with Crippen molar-refractivity contribution in [3.63, 3.8) is 0 Å². The van der Waals surface area contributed by atoms with Crippen LogP contribution in [0.2, 0.25) is 0 Å². The van der Waals surface area contributed by atoms with E-state index >= 15 is 0 Å². The number of aryl methyl sites for hydroxylation is 2. The van der Waals surface area contributed by atoms with E-state index in [0.717, 1.165) is 29.9 Å². The van der Waals surface area contributed by atoms with Gasteiger partial charge in [-0.05, 0) is 57.0 Å². The van der Waals surface area contributed by atoms with Gasteiger partial charge in [-0.15, -0.1) is 0 Å². The van der Waals surface area contributed by atoms with Crippen LogP contribution in [0.5, 0.6) is 0 Å². The Morgan fingerprint density at radius 3 is 2.78 bits per heavy atom. The molecule has 1 atom stereocenters. The fourth-order valence-electron chi connectivity index (χ4n) is 3.15. The van der Waals surface area contributed by atoms with Crippen molar-refractivity contribution >= 4 is 5.91 Å². The van der Waals surface area contributed by atoms with Gasteiger partial charge in [0.15, 0.2) is 5.82 Å². The molecule has 1 aliphatic heterocycles. The van der Waals surface area contributed by atoms with Crippen molar-refractivity contribution in [2.24, 2.45) is 0 Å². The zero-order chi connectivity index (χ0) is 18.8. The summed E-state index contributed by atoms with van der Waals surface area (Å²) in [6.07, 6.45) is 1.76. The zero-order valence-electron chi connectivity index (χ0n) is 15.3. The second-order valence-electron chi connectivity index (χ2n) is 6.62. The summed E-state index contributed by atoms with van der Waals surface area (Å²) in [7, 11) is 0. The summed E-state index contributed by atoms with van der Waals surface area (Å²) in [5.74, 6) is 0.720. The van der Waals surface area contributed by atoms with Crippen molar-refractivity contribution in [1.82, 2.24) is 25.2 Å². The summed E-state index contributed by atoms with van der Waals surface area (Å²) in [5, 5.41) is 11.2. The zero-order valence-corrected chi connectivity index (χ0v) is 15.3. The van der Waals surface area contributed by atoms with Gasteiger partial charge in [-0.1, -0.05) is 5.16 Å². The molecule has 0 bridgehead atoms. The first kappa shape index (κ1) is 17.4. The third-order valence-corrected chi connectivity index (χ3v) is 4.48. The van der Waals surface area contributed by atoms with Crippen LogP contribution in [0.1, 0.15) is 52.4 Å². The SMILES string of the molecule is Cc1cc(C)n(-c2ccc(C(=O)NCc3noc([C@H]4CCCO4)n3)cc2)n1. The maximum atomic E-state index is 12.4. The third-order valence-electron chi connectivity index (χ3n) is 4.48. The van der Waals surface area contributed by atoms with E-state index in [-0.39, 0.29) is 18.6 Å². The highest BCUT2D eigenvalue weighted by molar-refractivity contribution is 5.94. The topological polar surface area (TPSA) is 95.1 Å². The number of rotatable bonds is 5. The van der Waals surface area contributed by atoms with Crippen molar-refractivity contribution in [3.05, 3.63) is 59.0 Å².